The van der Waals surface area contributed by atoms with Gasteiger partial charge in [-0.1, -0.05) is 53.1 Å². The van der Waals surface area contributed by atoms with Crippen LogP contribution in [0.2, 0.25) is 5.15 Å². The zero-order valence-corrected chi connectivity index (χ0v) is 29.8. The van der Waals surface area contributed by atoms with Crippen LogP contribution in [0.3, 0.4) is 0 Å². The van der Waals surface area contributed by atoms with E-state index in [1.165, 1.54) is 47.3 Å². The monoisotopic (exact) mass is 754 g/mol. The molecule has 2 saturated carbocycles. The van der Waals surface area contributed by atoms with Crippen LogP contribution in [-0.4, -0.2) is 91.3 Å². The first-order chi connectivity index (χ1) is 23.7. The summed E-state index contributed by atoms with van der Waals surface area (Å²) in [4.78, 5) is 70.2. The molecular formula is C35H51ClN4O12. The number of nitrogens with zero attached hydrogens (tertiary/aromatic N) is 4. The van der Waals surface area contributed by atoms with Crippen LogP contribution < -0.4 is 0 Å². The lowest BCUT2D eigenvalue weighted by atomic mass is 9.65. The van der Waals surface area contributed by atoms with Gasteiger partial charge >= 0.3 is 29.8 Å². The molecule has 2 aliphatic carbocycles. The summed E-state index contributed by atoms with van der Waals surface area (Å²) < 4.78 is 41.1. The SMILES string of the molecule is C.C.CC[C@H]1CC[C@@]12O[C@@H](OC(C)=O)C(OC(C)=O)[C@H]2OC(C)=O.CC[C@H]1CC[C@@]12O[C@@H](n1cnc3c(Cl)ncnc31)C(OC(C)=O)[C@H]2OC(C)=O. The van der Waals surface area contributed by atoms with E-state index in [0.29, 0.717) is 24.0 Å². The predicted octanol–water partition coefficient (Wildman–Crippen LogP) is 5.03. The first kappa shape index (κ1) is 42.5. The molecule has 2 spiro atoms. The number of carbonyl (C=O) groups excluding carboxylic acids is 5. The van der Waals surface area contributed by atoms with Gasteiger partial charge in [-0.25, -0.2) is 15.0 Å². The number of carbonyl (C=O) groups is 5. The van der Waals surface area contributed by atoms with E-state index in [-0.39, 0.29) is 31.8 Å². The number of halogens is 1. The van der Waals surface area contributed by atoms with Crippen molar-refractivity contribution in [3.8, 4) is 0 Å². The van der Waals surface area contributed by atoms with Gasteiger partial charge in [0.1, 0.15) is 23.0 Å². The van der Waals surface area contributed by atoms with E-state index in [4.69, 9.17) is 44.8 Å². The first-order valence-corrected chi connectivity index (χ1v) is 17.1. The predicted molar refractivity (Wildman–Crippen MR) is 184 cm³/mol. The van der Waals surface area contributed by atoms with Crippen molar-refractivity contribution in [1.29, 1.82) is 0 Å². The number of aromatic nitrogens is 4. The molecule has 2 saturated heterocycles. The van der Waals surface area contributed by atoms with Crippen LogP contribution in [0.5, 0.6) is 0 Å². The summed E-state index contributed by atoms with van der Waals surface area (Å²) in [6.45, 7) is 10.5. The number of hydrogen-bond donors (Lipinski definition) is 0. The fraction of sp³-hybridized carbons (Fsp3) is 0.714. The van der Waals surface area contributed by atoms with Crippen LogP contribution in [0.15, 0.2) is 12.7 Å². The molecule has 17 heteroatoms. The number of fused-ring (bicyclic) bond motifs is 1. The standard InChI is InChI=1S/C18H21ClN4O5.C15H22O7.2CH4/c1-4-11-5-6-18(11)14(27-10(3)25)13(26-9(2)24)17(28-18)23-8-22-12-15(19)20-7-21-16(12)23;1-5-11-6-7-15(11)13(20-9(3)17)12(19-8(2)16)14(22-15)21-10(4)18;;/h7-8,11,13-14,17H,4-6H2,1-3H3;11-14H,5-7H2,1-4H3;2*1H4/t11-,13?,14+,17+,18+;11-,12?,13+,14+,15+;;/m00../s1. The number of ether oxygens (including phenoxy) is 7. The highest BCUT2D eigenvalue weighted by Gasteiger charge is 2.67. The van der Waals surface area contributed by atoms with Gasteiger partial charge in [0, 0.05) is 34.6 Å². The van der Waals surface area contributed by atoms with Crippen molar-refractivity contribution >= 4 is 52.6 Å². The molecule has 4 fully saturated rings. The van der Waals surface area contributed by atoms with Crippen molar-refractivity contribution in [2.45, 2.75) is 150 Å². The highest BCUT2D eigenvalue weighted by Crippen LogP contribution is 2.56. The molecule has 52 heavy (non-hydrogen) atoms. The van der Waals surface area contributed by atoms with Gasteiger partial charge in [-0.3, -0.25) is 28.5 Å². The topological polar surface area (TPSA) is 194 Å². The highest BCUT2D eigenvalue weighted by molar-refractivity contribution is 6.33. The molecule has 0 amide bonds. The average molecular weight is 755 g/mol. The molecule has 4 heterocycles. The third-order valence-corrected chi connectivity index (χ3v) is 10.3. The Hall–Kier alpha value is -3.89. The van der Waals surface area contributed by atoms with Gasteiger partial charge in [0.25, 0.3) is 0 Å². The lowest BCUT2D eigenvalue weighted by Crippen LogP contribution is -2.57. The Morgan fingerprint density at radius 1 is 0.731 bits per heavy atom. The van der Waals surface area contributed by atoms with Crippen molar-refractivity contribution in [3.05, 3.63) is 17.8 Å². The Morgan fingerprint density at radius 2 is 1.21 bits per heavy atom. The van der Waals surface area contributed by atoms with Crippen LogP contribution in [-0.2, 0) is 57.1 Å². The van der Waals surface area contributed by atoms with E-state index >= 15 is 0 Å². The molecule has 6 rings (SSSR count). The van der Waals surface area contributed by atoms with Gasteiger partial charge in [0.15, 0.2) is 35.3 Å². The van der Waals surface area contributed by atoms with Crippen molar-refractivity contribution in [2.75, 3.05) is 0 Å². The van der Waals surface area contributed by atoms with Crippen molar-refractivity contribution in [3.63, 3.8) is 0 Å². The Morgan fingerprint density at radius 3 is 1.67 bits per heavy atom. The van der Waals surface area contributed by atoms with Crippen molar-refractivity contribution in [2.24, 2.45) is 11.8 Å². The zero-order valence-electron chi connectivity index (χ0n) is 29.1. The van der Waals surface area contributed by atoms with Gasteiger partial charge in [0.2, 0.25) is 12.4 Å². The first-order valence-electron chi connectivity index (χ1n) is 16.7. The second-order valence-electron chi connectivity index (χ2n) is 13.0. The summed E-state index contributed by atoms with van der Waals surface area (Å²) >= 11 is 6.11. The normalized spacial score (nSPS) is 32.5. The molecule has 0 radical (unpaired) electrons. The maximum atomic E-state index is 11.8. The third-order valence-electron chi connectivity index (χ3n) is 9.98. The van der Waals surface area contributed by atoms with Gasteiger partial charge in [0.05, 0.1) is 6.33 Å². The van der Waals surface area contributed by atoms with Crippen LogP contribution in [0.4, 0.5) is 0 Å². The maximum Gasteiger partial charge on any atom is 0.305 e. The Labute approximate surface area is 308 Å². The lowest BCUT2D eigenvalue weighted by Gasteiger charge is -2.48. The summed E-state index contributed by atoms with van der Waals surface area (Å²) in [5, 5.41) is 0.215. The van der Waals surface area contributed by atoms with Gasteiger partial charge in [-0.05, 0) is 37.5 Å². The summed E-state index contributed by atoms with van der Waals surface area (Å²) in [5.41, 5.74) is -0.590. The van der Waals surface area contributed by atoms with E-state index in [1.54, 1.807) is 4.57 Å². The Kier molecular flexibility index (Phi) is 13.8. The number of esters is 5. The summed E-state index contributed by atoms with van der Waals surface area (Å²) in [6.07, 6.45) is 2.73. The molecular weight excluding hydrogens is 704 g/mol. The van der Waals surface area contributed by atoms with Crippen LogP contribution in [0.25, 0.3) is 11.2 Å². The van der Waals surface area contributed by atoms with E-state index < -0.39 is 78.0 Å². The number of imidazole rings is 1. The Bertz CT molecular complexity index is 1630. The molecule has 0 bridgehead atoms. The van der Waals surface area contributed by atoms with E-state index in [0.717, 1.165) is 25.7 Å². The second kappa shape index (κ2) is 16.8. The van der Waals surface area contributed by atoms with E-state index in [9.17, 15) is 24.0 Å². The minimum atomic E-state index is -1.06. The molecule has 0 N–H and O–H groups in total. The third kappa shape index (κ3) is 7.88. The van der Waals surface area contributed by atoms with Crippen molar-refractivity contribution in [1.82, 2.24) is 19.5 Å². The summed E-state index contributed by atoms with van der Waals surface area (Å²) in [7, 11) is 0. The summed E-state index contributed by atoms with van der Waals surface area (Å²) in [5.74, 6) is -2.18. The molecule has 2 aliphatic heterocycles. The summed E-state index contributed by atoms with van der Waals surface area (Å²) in [6, 6.07) is 0. The molecule has 2 aromatic rings. The molecule has 4 aliphatic rings. The second-order valence-corrected chi connectivity index (χ2v) is 13.4. The quantitative estimate of drug-likeness (QED) is 0.198. The number of rotatable bonds is 8. The Balaban J connectivity index is 0.000000278. The van der Waals surface area contributed by atoms with Crippen LogP contribution in [0, 0.1) is 11.8 Å². The minimum absolute atomic E-state index is 0. The molecule has 0 aromatic carbocycles. The van der Waals surface area contributed by atoms with Crippen molar-refractivity contribution < 1.29 is 57.1 Å². The fourth-order valence-corrected chi connectivity index (χ4v) is 7.95. The molecule has 2 unspecified atom stereocenters. The van der Waals surface area contributed by atoms with Crippen LogP contribution in [0.1, 0.15) is 108 Å². The van der Waals surface area contributed by atoms with Gasteiger partial charge < -0.3 is 33.2 Å². The maximum absolute atomic E-state index is 11.8. The molecule has 290 valence electrons. The van der Waals surface area contributed by atoms with Gasteiger partial charge in [-0.2, -0.15) is 0 Å². The molecule has 2 aromatic heterocycles. The van der Waals surface area contributed by atoms with Crippen LogP contribution >= 0.6 is 11.6 Å². The zero-order chi connectivity index (χ0) is 36.5. The lowest BCUT2D eigenvalue weighted by molar-refractivity contribution is -0.232. The van der Waals surface area contributed by atoms with E-state index in [1.807, 2.05) is 6.92 Å². The molecule has 10 atom stereocenters. The van der Waals surface area contributed by atoms with Gasteiger partial charge in [-0.15, -0.1) is 0 Å². The minimum Gasteiger partial charge on any atom is -0.455 e. The largest absolute Gasteiger partial charge is 0.455 e. The highest BCUT2D eigenvalue weighted by atomic mass is 35.5. The number of hydrogen-bond acceptors (Lipinski definition) is 15. The smallest absolute Gasteiger partial charge is 0.305 e. The molecule has 16 nitrogen and oxygen atoms in total. The fourth-order valence-electron chi connectivity index (χ4n) is 7.77. The van der Waals surface area contributed by atoms with E-state index in [2.05, 4.69) is 21.9 Å². The average Bonchev–Trinajstić information content (AvgIpc) is 3.66.